The van der Waals surface area contributed by atoms with E-state index in [2.05, 4.69) is 83.3 Å². The minimum atomic E-state index is 0.0723. The van der Waals surface area contributed by atoms with Crippen LogP contribution in [0.2, 0.25) is 0 Å². The van der Waals surface area contributed by atoms with Gasteiger partial charge in [0.1, 0.15) is 5.82 Å². The van der Waals surface area contributed by atoms with Crippen molar-refractivity contribution in [2.45, 2.75) is 69.7 Å². The van der Waals surface area contributed by atoms with Crippen LogP contribution in [0.15, 0.2) is 77.1 Å². The fourth-order valence-corrected chi connectivity index (χ4v) is 7.27. The summed E-state index contributed by atoms with van der Waals surface area (Å²) < 4.78 is 2.45. The largest absolute Gasteiger partial charge is 0.342 e. The Bertz CT molecular complexity index is 1430. The summed E-state index contributed by atoms with van der Waals surface area (Å²) in [6.07, 6.45) is 10.6. The van der Waals surface area contributed by atoms with Gasteiger partial charge in [0.25, 0.3) is 0 Å². The Morgan fingerprint density at radius 3 is 2.60 bits per heavy atom. The molecule has 0 spiro atoms. The summed E-state index contributed by atoms with van der Waals surface area (Å²) in [5.74, 6) is 2.20. The van der Waals surface area contributed by atoms with Crippen molar-refractivity contribution >= 4 is 34.5 Å². The monoisotopic (exact) mass is 552 g/mol. The summed E-state index contributed by atoms with van der Waals surface area (Å²) in [4.78, 5) is 26.0. The zero-order valence-corrected chi connectivity index (χ0v) is 24.4. The SMILES string of the molecule is Cc1nc2ccccc2n1C(CC=NCCC1(c2ccccc2)CCN(C(=O)Cc2cccs2)CC1)CC1CC1. The molecule has 5 nitrogen and oxygen atoms in total. The van der Waals surface area contributed by atoms with E-state index in [1.165, 1.54) is 30.3 Å². The molecular weight excluding hydrogens is 512 g/mol. The first-order chi connectivity index (χ1) is 19.6. The number of rotatable bonds is 11. The number of likely N-dealkylation sites (tertiary alicyclic amines) is 1. The number of hydrogen-bond donors (Lipinski definition) is 0. The van der Waals surface area contributed by atoms with Crippen LogP contribution in [-0.2, 0) is 16.6 Å². The summed E-state index contributed by atoms with van der Waals surface area (Å²) in [7, 11) is 0. The number of aryl methyl sites for hydroxylation is 1. The molecule has 4 aromatic rings. The van der Waals surface area contributed by atoms with Gasteiger partial charge in [-0.25, -0.2) is 4.98 Å². The lowest BCUT2D eigenvalue weighted by molar-refractivity contribution is -0.132. The maximum absolute atomic E-state index is 13.0. The van der Waals surface area contributed by atoms with Crippen molar-refractivity contribution in [2.24, 2.45) is 10.9 Å². The summed E-state index contributed by atoms with van der Waals surface area (Å²) in [6, 6.07) is 23.9. The molecule has 1 amide bonds. The van der Waals surface area contributed by atoms with E-state index in [1.807, 2.05) is 11.4 Å². The molecule has 1 saturated heterocycles. The number of benzene rings is 2. The minimum absolute atomic E-state index is 0.0723. The molecule has 3 heterocycles. The number of aromatic nitrogens is 2. The number of hydrogen-bond acceptors (Lipinski definition) is 4. The van der Waals surface area contributed by atoms with Crippen molar-refractivity contribution in [3.8, 4) is 0 Å². The van der Waals surface area contributed by atoms with Gasteiger partial charge in [0.2, 0.25) is 5.91 Å². The molecule has 1 unspecified atom stereocenters. The molecule has 2 aromatic heterocycles. The van der Waals surface area contributed by atoms with E-state index < -0.39 is 0 Å². The number of thiophene rings is 1. The van der Waals surface area contributed by atoms with E-state index >= 15 is 0 Å². The molecule has 2 aliphatic rings. The van der Waals surface area contributed by atoms with Crippen LogP contribution in [0.4, 0.5) is 0 Å². The lowest BCUT2D eigenvalue weighted by Gasteiger charge is -2.42. The average Bonchev–Trinajstić information content (AvgIpc) is 3.53. The molecule has 1 saturated carbocycles. The number of carbonyl (C=O) groups is 1. The second-order valence-electron chi connectivity index (χ2n) is 11.7. The standard InChI is InChI=1S/C34H40N4OS/c1-26-36-31-11-5-6-12-32(31)38(26)29(24-27-13-14-27)15-19-35-20-16-34(28-8-3-2-4-9-28)17-21-37(22-18-34)33(39)25-30-10-7-23-40-30/h2-12,19,23,27,29H,13-18,20-22,24-25H2,1H3. The van der Waals surface area contributed by atoms with Gasteiger partial charge in [-0.05, 0) is 67.7 Å². The van der Waals surface area contributed by atoms with E-state index in [1.54, 1.807) is 11.3 Å². The second-order valence-corrected chi connectivity index (χ2v) is 12.7. The molecule has 6 rings (SSSR count). The number of piperidine rings is 1. The third-order valence-electron chi connectivity index (χ3n) is 9.03. The van der Waals surface area contributed by atoms with Crippen LogP contribution in [-0.4, -0.2) is 46.2 Å². The Morgan fingerprint density at radius 2 is 1.85 bits per heavy atom. The van der Waals surface area contributed by atoms with Gasteiger partial charge < -0.3 is 9.47 Å². The molecule has 1 aliphatic heterocycles. The Balaban J connectivity index is 1.11. The predicted molar refractivity (Wildman–Crippen MR) is 165 cm³/mol. The van der Waals surface area contributed by atoms with Crippen LogP contribution in [0.5, 0.6) is 0 Å². The molecule has 208 valence electrons. The maximum Gasteiger partial charge on any atom is 0.227 e. The minimum Gasteiger partial charge on any atom is -0.342 e. The van der Waals surface area contributed by atoms with Crippen molar-refractivity contribution in [3.63, 3.8) is 0 Å². The number of amides is 1. The van der Waals surface area contributed by atoms with Gasteiger partial charge in [0, 0.05) is 48.6 Å². The average molecular weight is 553 g/mol. The predicted octanol–water partition coefficient (Wildman–Crippen LogP) is 7.40. The first-order valence-corrected chi connectivity index (χ1v) is 15.8. The molecule has 2 fully saturated rings. The topological polar surface area (TPSA) is 50.5 Å². The van der Waals surface area contributed by atoms with Crippen molar-refractivity contribution in [3.05, 3.63) is 88.4 Å². The number of fused-ring (bicyclic) bond motifs is 1. The highest BCUT2D eigenvalue weighted by atomic mass is 32.1. The molecule has 0 N–H and O–H groups in total. The van der Waals surface area contributed by atoms with Crippen LogP contribution in [0, 0.1) is 12.8 Å². The van der Waals surface area contributed by atoms with Crippen LogP contribution < -0.4 is 0 Å². The van der Waals surface area contributed by atoms with Crippen LogP contribution >= 0.6 is 11.3 Å². The third kappa shape index (κ3) is 6.07. The lowest BCUT2D eigenvalue weighted by atomic mass is 9.70. The molecule has 0 radical (unpaired) electrons. The molecule has 1 atom stereocenters. The number of nitrogens with zero attached hydrogens (tertiary/aromatic N) is 4. The summed E-state index contributed by atoms with van der Waals surface area (Å²) in [5.41, 5.74) is 3.79. The van der Waals surface area contributed by atoms with Crippen molar-refractivity contribution in [1.82, 2.24) is 14.5 Å². The first-order valence-electron chi connectivity index (χ1n) is 14.9. The maximum atomic E-state index is 13.0. The molecular formula is C34H40N4OS. The Hall–Kier alpha value is -3.25. The van der Waals surface area contributed by atoms with Crippen LogP contribution in [0.3, 0.4) is 0 Å². The first kappa shape index (κ1) is 26.9. The summed E-state index contributed by atoms with van der Waals surface area (Å²) in [5, 5.41) is 2.05. The van der Waals surface area contributed by atoms with E-state index in [0.717, 1.165) is 67.5 Å². The van der Waals surface area contributed by atoms with Crippen molar-refractivity contribution in [1.29, 1.82) is 0 Å². The Labute approximate surface area is 242 Å². The Kier molecular flexibility index (Phi) is 8.15. The van der Waals surface area contributed by atoms with Crippen molar-refractivity contribution < 1.29 is 4.79 Å². The normalized spacial score (nSPS) is 18.0. The third-order valence-corrected chi connectivity index (χ3v) is 9.91. The van der Waals surface area contributed by atoms with Crippen LogP contribution in [0.1, 0.15) is 67.3 Å². The molecule has 6 heteroatoms. The van der Waals surface area contributed by atoms with E-state index in [4.69, 9.17) is 9.98 Å². The van der Waals surface area contributed by atoms with E-state index in [-0.39, 0.29) is 11.3 Å². The van der Waals surface area contributed by atoms with Gasteiger partial charge in [-0.2, -0.15) is 0 Å². The second kappa shape index (κ2) is 12.1. The quantitative estimate of drug-likeness (QED) is 0.182. The van der Waals surface area contributed by atoms with E-state index in [0.29, 0.717) is 12.5 Å². The number of carbonyl (C=O) groups excluding carboxylic acids is 1. The zero-order valence-electron chi connectivity index (χ0n) is 23.5. The molecule has 40 heavy (non-hydrogen) atoms. The van der Waals surface area contributed by atoms with Crippen molar-refractivity contribution in [2.75, 3.05) is 19.6 Å². The van der Waals surface area contributed by atoms with Gasteiger partial charge in [-0.1, -0.05) is 61.4 Å². The number of para-hydroxylation sites is 2. The highest BCUT2D eigenvalue weighted by molar-refractivity contribution is 7.10. The number of imidazole rings is 1. The highest BCUT2D eigenvalue weighted by Gasteiger charge is 2.37. The lowest BCUT2D eigenvalue weighted by Crippen LogP contribution is -2.46. The number of aliphatic imine (C=N–C) groups is 1. The Morgan fingerprint density at radius 1 is 1.07 bits per heavy atom. The molecule has 0 bridgehead atoms. The van der Waals surface area contributed by atoms with Gasteiger partial charge in [0.05, 0.1) is 17.5 Å². The molecule has 1 aliphatic carbocycles. The van der Waals surface area contributed by atoms with Gasteiger partial charge in [-0.3, -0.25) is 9.79 Å². The fourth-order valence-electron chi connectivity index (χ4n) is 6.57. The van der Waals surface area contributed by atoms with Gasteiger partial charge in [-0.15, -0.1) is 11.3 Å². The van der Waals surface area contributed by atoms with Crippen LogP contribution in [0.25, 0.3) is 11.0 Å². The van der Waals surface area contributed by atoms with E-state index in [9.17, 15) is 4.79 Å². The molecule has 2 aromatic carbocycles. The van der Waals surface area contributed by atoms with Gasteiger partial charge in [0.15, 0.2) is 0 Å². The summed E-state index contributed by atoms with van der Waals surface area (Å²) >= 11 is 1.67. The van der Waals surface area contributed by atoms with Gasteiger partial charge >= 0.3 is 0 Å². The summed E-state index contributed by atoms with van der Waals surface area (Å²) in [6.45, 7) is 4.59. The fraction of sp³-hybridized carbons (Fsp3) is 0.441. The zero-order chi connectivity index (χ0) is 27.4. The smallest absolute Gasteiger partial charge is 0.227 e. The highest BCUT2D eigenvalue weighted by Crippen LogP contribution is 2.40.